The number of halogens is 4. The molecule has 3 heterocycles. The minimum absolute atomic E-state index is 0.0883. The maximum atomic E-state index is 14.5. The van der Waals surface area contributed by atoms with Gasteiger partial charge in [0.15, 0.2) is 11.6 Å². The molecule has 0 spiro atoms. The highest BCUT2D eigenvalue weighted by Gasteiger charge is 2.43. The number of nitrogens with zero attached hydrogens (tertiary/aromatic N) is 2. The van der Waals surface area contributed by atoms with Crippen LogP contribution in [0.15, 0.2) is 53.7 Å². The lowest BCUT2D eigenvalue weighted by atomic mass is 9.81. The van der Waals surface area contributed by atoms with Crippen molar-refractivity contribution in [3.8, 4) is 11.5 Å². The summed E-state index contributed by atoms with van der Waals surface area (Å²) in [5, 5.41) is 2.74. The molecule has 1 aromatic carbocycles. The molecule has 1 amide bonds. The number of pyridine rings is 1. The summed E-state index contributed by atoms with van der Waals surface area (Å²) in [6, 6.07) is 6.06. The molecule has 0 aliphatic carbocycles. The Kier molecular flexibility index (Phi) is 5.28. The number of aromatic amines is 1. The number of carbonyl (C=O) groups excluding carboxylic acids is 1. The van der Waals surface area contributed by atoms with Crippen LogP contribution in [0.5, 0.6) is 11.5 Å². The maximum Gasteiger partial charge on any atom is 0.573 e. The Morgan fingerprint density at radius 1 is 1.25 bits per heavy atom. The van der Waals surface area contributed by atoms with E-state index >= 15 is 0 Å². The number of rotatable bonds is 4. The highest BCUT2D eigenvalue weighted by atomic mass is 19.4. The minimum Gasteiger partial charge on any atom is -0.491 e. The Bertz CT molecular complexity index is 1210. The number of alkyl halides is 3. The third-order valence-corrected chi connectivity index (χ3v) is 4.79. The van der Waals surface area contributed by atoms with Crippen LogP contribution in [0.25, 0.3) is 0 Å². The number of amides is 1. The molecule has 3 aromatic rings. The third-order valence-electron chi connectivity index (χ3n) is 4.79. The number of nitrogens with one attached hydrogen (secondary N) is 2. The van der Waals surface area contributed by atoms with Crippen molar-refractivity contribution in [2.75, 3.05) is 6.61 Å². The van der Waals surface area contributed by atoms with E-state index in [2.05, 4.69) is 25.0 Å². The Balaban J connectivity index is 1.81. The number of carbonyl (C=O) groups is 1. The third kappa shape index (κ3) is 4.11. The van der Waals surface area contributed by atoms with Crippen molar-refractivity contribution in [2.45, 2.75) is 18.3 Å². The molecular formula is C20H14F4N4O4. The molecule has 1 atom stereocenters. The predicted molar refractivity (Wildman–Crippen MR) is 101 cm³/mol. The van der Waals surface area contributed by atoms with E-state index in [1.807, 2.05) is 0 Å². The first-order valence-electron chi connectivity index (χ1n) is 9.19. The summed E-state index contributed by atoms with van der Waals surface area (Å²) in [5.41, 5.74) is -1.76. The molecule has 0 saturated carbocycles. The zero-order chi connectivity index (χ0) is 22.9. The normalized spacial score (nSPS) is 17.8. The van der Waals surface area contributed by atoms with Gasteiger partial charge in [-0.3, -0.25) is 14.6 Å². The van der Waals surface area contributed by atoms with Crippen LogP contribution in [0, 0.1) is 5.82 Å². The van der Waals surface area contributed by atoms with Gasteiger partial charge in [0.2, 0.25) is 0 Å². The van der Waals surface area contributed by atoms with Gasteiger partial charge in [-0.1, -0.05) is 6.07 Å². The first-order chi connectivity index (χ1) is 15.2. The van der Waals surface area contributed by atoms with Crippen molar-refractivity contribution in [2.24, 2.45) is 0 Å². The monoisotopic (exact) mass is 450 g/mol. The zero-order valence-electron chi connectivity index (χ0n) is 16.1. The second-order valence-electron chi connectivity index (χ2n) is 6.80. The molecule has 1 aliphatic rings. The summed E-state index contributed by atoms with van der Waals surface area (Å²) < 4.78 is 61.4. The molecule has 8 nitrogen and oxygen atoms in total. The number of hydrogen-bond acceptors (Lipinski definition) is 6. The molecule has 4 rings (SSSR count). The molecular weight excluding hydrogens is 436 g/mol. The molecule has 2 aromatic heterocycles. The lowest BCUT2D eigenvalue weighted by Gasteiger charge is -2.38. The number of benzene rings is 1. The Hall–Kier alpha value is -3.96. The lowest BCUT2D eigenvalue weighted by molar-refractivity contribution is -0.275. The molecule has 1 aliphatic heterocycles. The van der Waals surface area contributed by atoms with Gasteiger partial charge in [0.1, 0.15) is 22.7 Å². The van der Waals surface area contributed by atoms with Crippen LogP contribution < -0.4 is 20.3 Å². The number of aromatic nitrogens is 3. The summed E-state index contributed by atoms with van der Waals surface area (Å²) in [4.78, 5) is 34.5. The van der Waals surface area contributed by atoms with E-state index < -0.39 is 34.9 Å². The van der Waals surface area contributed by atoms with Crippen LogP contribution >= 0.6 is 0 Å². The van der Waals surface area contributed by atoms with Crippen molar-refractivity contribution in [1.29, 1.82) is 0 Å². The van der Waals surface area contributed by atoms with E-state index in [4.69, 9.17) is 4.74 Å². The molecule has 2 N–H and O–H groups in total. The number of H-pyrrole nitrogens is 1. The van der Waals surface area contributed by atoms with Crippen LogP contribution in [0.2, 0.25) is 0 Å². The van der Waals surface area contributed by atoms with Gasteiger partial charge in [-0.25, -0.2) is 9.37 Å². The quantitative estimate of drug-likeness (QED) is 0.592. The Labute approximate surface area is 177 Å². The van der Waals surface area contributed by atoms with Crippen molar-refractivity contribution < 1.29 is 31.8 Å². The highest BCUT2D eigenvalue weighted by molar-refractivity contribution is 5.93. The molecule has 0 fully saturated rings. The number of hydrogen-bond donors (Lipinski definition) is 2. The molecule has 0 radical (unpaired) electrons. The molecule has 0 saturated heterocycles. The SMILES string of the molecule is O=C(N[C@]1(c2ccc(OC(F)(F)F)c(F)c2)CCOc2cccnc21)c1c[nH]c(=O)cn1. The van der Waals surface area contributed by atoms with Crippen LogP contribution in [-0.2, 0) is 5.54 Å². The van der Waals surface area contributed by atoms with Crippen LogP contribution in [0.3, 0.4) is 0 Å². The summed E-state index contributed by atoms with van der Waals surface area (Å²) in [6.45, 7) is 0.0977. The maximum absolute atomic E-state index is 14.5. The van der Waals surface area contributed by atoms with E-state index in [1.165, 1.54) is 12.3 Å². The van der Waals surface area contributed by atoms with Gasteiger partial charge in [0.05, 0.1) is 12.8 Å². The van der Waals surface area contributed by atoms with Crippen molar-refractivity contribution in [3.63, 3.8) is 0 Å². The summed E-state index contributed by atoms with van der Waals surface area (Å²) in [7, 11) is 0. The summed E-state index contributed by atoms with van der Waals surface area (Å²) in [5.74, 6) is -2.71. The smallest absolute Gasteiger partial charge is 0.491 e. The largest absolute Gasteiger partial charge is 0.573 e. The van der Waals surface area contributed by atoms with Gasteiger partial charge in [0, 0.05) is 18.8 Å². The van der Waals surface area contributed by atoms with E-state index in [-0.39, 0.29) is 30.0 Å². The van der Waals surface area contributed by atoms with Gasteiger partial charge < -0.3 is 19.8 Å². The van der Waals surface area contributed by atoms with Crippen LogP contribution in [0.4, 0.5) is 17.6 Å². The standard InChI is InChI=1S/C20H14F4N4O4/c21-12-8-11(3-4-14(12)32-20(22,23)24)19(5-7-31-15-2-1-6-25-17(15)19)28-18(30)13-9-27-16(29)10-26-13/h1-4,6,8-10H,5,7H2,(H,27,29)(H,28,30)/t19-/m0/s1. The molecule has 166 valence electrons. The number of ether oxygens (including phenoxy) is 2. The van der Waals surface area contributed by atoms with Crippen molar-refractivity contribution in [3.05, 3.63) is 82.0 Å². The van der Waals surface area contributed by atoms with Crippen molar-refractivity contribution >= 4 is 5.91 Å². The van der Waals surface area contributed by atoms with E-state index in [0.717, 1.165) is 24.5 Å². The fourth-order valence-corrected chi connectivity index (χ4v) is 3.43. The van der Waals surface area contributed by atoms with Gasteiger partial charge in [-0.05, 0) is 29.8 Å². The van der Waals surface area contributed by atoms with Gasteiger partial charge in [0.25, 0.3) is 11.5 Å². The predicted octanol–water partition coefficient (Wildman–Crippen LogP) is 2.66. The fraction of sp³-hybridized carbons (Fsp3) is 0.200. The number of fused-ring (bicyclic) bond motifs is 1. The Morgan fingerprint density at radius 3 is 2.75 bits per heavy atom. The molecule has 0 unspecified atom stereocenters. The average Bonchev–Trinajstić information content (AvgIpc) is 2.75. The molecule has 0 bridgehead atoms. The van der Waals surface area contributed by atoms with Gasteiger partial charge >= 0.3 is 6.36 Å². The van der Waals surface area contributed by atoms with Crippen LogP contribution in [0.1, 0.15) is 28.2 Å². The fourth-order valence-electron chi connectivity index (χ4n) is 3.43. The second kappa shape index (κ2) is 7.94. The summed E-state index contributed by atoms with van der Waals surface area (Å²) >= 11 is 0. The van der Waals surface area contributed by atoms with Gasteiger partial charge in [-0.2, -0.15) is 0 Å². The van der Waals surface area contributed by atoms with Gasteiger partial charge in [-0.15, -0.1) is 13.2 Å². The highest BCUT2D eigenvalue weighted by Crippen LogP contribution is 2.41. The van der Waals surface area contributed by atoms with Crippen LogP contribution in [-0.4, -0.2) is 33.8 Å². The first-order valence-corrected chi connectivity index (χ1v) is 9.19. The molecule has 12 heteroatoms. The topological polar surface area (TPSA) is 106 Å². The zero-order valence-corrected chi connectivity index (χ0v) is 16.1. The van der Waals surface area contributed by atoms with E-state index in [9.17, 15) is 27.2 Å². The second-order valence-corrected chi connectivity index (χ2v) is 6.80. The van der Waals surface area contributed by atoms with E-state index in [0.29, 0.717) is 5.75 Å². The molecule has 32 heavy (non-hydrogen) atoms. The average molecular weight is 450 g/mol. The Morgan fingerprint density at radius 2 is 2.06 bits per heavy atom. The first kappa shape index (κ1) is 21.3. The van der Waals surface area contributed by atoms with E-state index in [1.54, 1.807) is 12.1 Å². The minimum atomic E-state index is -5.07. The van der Waals surface area contributed by atoms with Crippen molar-refractivity contribution in [1.82, 2.24) is 20.3 Å². The lowest BCUT2D eigenvalue weighted by Crippen LogP contribution is -2.50. The summed E-state index contributed by atoms with van der Waals surface area (Å²) in [6.07, 6.45) is -1.53.